The van der Waals surface area contributed by atoms with Crippen LogP contribution in [-0.4, -0.2) is 17.1 Å². The standard InChI is InChI=1S/C16H12Cl2N4O2S/c1-9-10(6-7-24-9)15(23)22-19-8-13-14(18)21-16(25-13)20-12-5-3-2-4-11(12)17/h2-8H,1H3,(H,20,21)(H,22,23)/b19-8+. The van der Waals surface area contributed by atoms with E-state index in [1.807, 2.05) is 18.2 Å². The molecule has 0 aliphatic rings. The first-order valence-electron chi connectivity index (χ1n) is 7.10. The number of furan rings is 1. The molecule has 1 aromatic carbocycles. The van der Waals surface area contributed by atoms with Crippen molar-refractivity contribution in [3.63, 3.8) is 0 Å². The molecular formula is C16H12Cl2N4O2S. The SMILES string of the molecule is Cc1occc1C(=O)N/N=C/c1sc(Nc2ccccc2Cl)nc1Cl. The first kappa shape index (κ1) is 17.5. The Morgan fingerprint density at radius 3 is 2.84 bits per heavy atom. The zero-order valence-electron chi connectivity index (χ0n) is 12.9. The average Bonchev–Trinajstić information content (AvgIpc) is 3.15. The topological polar surface area (TPSA) is 79.5 Å². The number of anilines is 2. The van der Waals surface area contributed by atoms with Crippen molar-refractivity contribution in [2.24, 2.45) is 5.10 Å². The zero-order chi connectivity index (χ0) is 17.8. The fraction of sp³-hybridized carbons (Fsp3) is 0.0625. The number of aryl methyl sites for hydroxylation is 1. The maximum atomic E-state index is 11.9. The van der Waals surface area contributed by atoms with E-state index in [9.17, 15) is 4.79 Å². The number of para-hydroxylation sites is 1. The van der Waals surface area contributed by atoms with E-state index in [1.165, 1.54) is 23.8 Å². The van der Waals surface area contributed by atoms with E-state index in [0.29, 0.717) is 26.4 Å². The van der Waals surface area contributed by atoms with Gasteiger partial charge in [0.15, 0.2) is 10.3 Å². The maximum absolute atomic E-state index is 11.9. The summed E-state index contributed by atoms with van der Waals surface area (Å²) in [6.07, 6.45) is 2.88. The molecule has 0 atom stereocenters. The van der Waals surface area contributed by atoms with E-state index < -0.39 is 0 Å². The van der Waals surface area contributed by atoms with Crippen LogP contribution >= 0.6 is 34.5 Å². The van der Waals surface area contributed by atoms with Gasteiger partial charge in [0.05, 0.1) is 33.6 Å². The maximum Gasteiger partial charge on any atom is 0.274 e. The van der Waals surface area contributed by atoms with Gasteiger partial charge >= 0.3 is 0 Å². The highest BCUT2D eigenvalue weighted by Gasteiger charge is 2.11. The van der Waals surface area contributed by atoms with Crippen molar-refractivity contribution in [3.8, 4) is 0 Å². The molecule has 9 heteroatoms. The second-order valence-corrected chi connectivity index (χ2v) is 6.66. The van der Waals surface area contributed by atoms with Gasteiger partial charge in [-0.1, -0.05) is 46.7 Å². The van der Waals surface area contributed by atoms with Crippen LogP contribution in [0.25, 0.3) is 0 Å². The van der Waals surface area contributed by atoms with Crippen LogP contribution in [0.1, 0.15) is 21.0 Å². The van der Waals surface area contributed by atoms with Gasteiger partial charge in [-0.25, -0.2) is 10.4 Å². The fourth-order valence-electron chi connectivity index (χ4n) is 1.95. The van der Waals surface area contributed by atoms with Gasteiger partial charge in [-0.3, -0.25) is 4.79 Å². The molecule has 3 rings (SSSR count). The molecule has 2 aromatic heterocycles. The molecule has 3 aromatic rings. The third kappa shape index (κ3) is 4.19. The minimum atomic E-state index is -0.363. The summed E-state index contributed by atoms with van der Waals surface area (Å²) in [5.74, 6) is 0.160. The Labute approximate surface area is 157 Å². The molecule has 2 heterocycles. The quantitative estimate of drug-likeness (QED) is 0.478. The van der Waals surface area contributed by atoms with Crippen molar-refractivity contribution < 1.29 is 9.21 Å². The molecule has 0 radical (unpaired) electrons. The van der Waals surface area contributed by atoms with Crippen molar-refractivity contribution in [1.82, 2.24) is 10.4 Å². The fourth-order valence-corrected chi connectivity index (χ4v) is 3.18. The Morgan fingerprint density at radius 2 is 2.12 bits per heavy atom. The number of amides is 1. The number of thiazole rings is 1. The number of benzene rings is 1. The van der Waals surface area contributed by atoms with Gasteiger partial charge in [0.25, 0.3) is 5.91 Å². The number of hydrogen-bond acceptors (Lipinski definition) is 6. The number of nitrogens with one attached hydrogen (secondary N) is 2. The summed E-state index contributed by atoms with van der Waals surface area (Å²) in [6.45, 7) is 1.70. The minimum Gasteiger partial charge on any atom is -0.469 e. The lowest BCUT2D eigenvalue weighted by Gasteiger charge is -2.03. The predicted octanol–water partition coefficient (Wildman–Crippen LogP) is 4.86. The van der Waals surface area contributed by atoms with Gasteiger partial charge in [0.1, 0.15) is 5.76 Å². The van der Waals surface area contributed by atoms with Crippen molar-refractivity contribution in [2.75, 3.05) is 5.32 Å². The van der Waals surface area contributed by atoms with E-state index in [2.05, 4.69) is 20.8 Å². The number of hydrogen-bond donors (Lipinski definition) is 2. The minimum absolute atomic E-state index is 0.275. The van der Waals surface area contributed by atoms with Crippen LogP contribution in [0.2, 0.25) is 10.2 Å². The molecule has 0 aliphatic carbocycles. The van der Waals surface area contributed by atoms with E-state index in [1.54, 1.807) is 19.1 Å². The van der Waals surface area contributed by atoms with Gasteiger partial charge in [0, 0.05) is 0 Å². The van der Waals surface area contributed by atoms with Gasteiger partial charge < -0.3 is 9.73 Å². The number of halogens is 2. The van der Waals surface area contributed by atoms with Gasteiger partial charge in [-0.05, 0) is 25.1 Å². The van der Waals surface area contributed by atoms with Crippen LogP contribution < -0.4 is 10.7 Å². The predicted molar refractivity (Wildman–Crippen MR) is 100 cm³/mol. The Kier molecular flexibility index (Phi) is 5.37. The van der Waals surface area contributed by atoms with Crippen molar-refractivity contribution >= 4 is 57.5 Å². The zero-order valence-corrected chi connectivity index (χ0v) is 15.2. The molecule has 0 saturated carbocycles. The molecule has 0 unspecified atom stereocenters. The molecule has 0 spiro atoms. The molecule has 2 N–H and O–H groups in total. The van der Waals surface area contributed by atoms with E-state index in [0.717, 1.165) is 5.69 Å². The average molecular weight is 395 g/mol. The third-order valence-corrected chi connectivity index (χ3v) is 4.81. The summed E-state index contributed by atoms with van der Waals surface area (Å²) < 4.78 is 5.08. The molecular weight excluding hydrogens is 383 g/mol. The van der Waals surface area contributed by atoms with Crippen molar-refractivity contribution in [2.45, 2.75) is 6.92 Å². The van der Waals surface area contributed by atoms with Crippen LogP contribution in [0.15, 0.2) is 46.1 Å². The van der Waals surface area contributed by atoms with Gasteiger partial charge in [-0.15, -0.1) is 0 Å². The Morgan fingerprint density at radius 1 is 1.32 bits per heavy atom. The summed E-state index contributed by atoms with van der Waals surface area (Å²) in [6, 6.07) is 8.88. The molecule has 128 valence electrons. The Balaban J connectivity index is 1.67. The first-order valence-corrected chi connectivity index (χ1v) is 8.67. The number of nitrogens with zero attached hydrogens (tertiary/aromatic N) is 2. The second-order valence-electron chi connectivity index (χ2n) is 4.87. The number of rotatable bonds is 5. The van der Waals surface area contributed by atoms with Gasteiger partial charge in [0.2, 0.25) is 0 Å². The molecule has 25 heavy (non-hydrogen) atoms. The normalized spacial score (nSPS) is 11.0. The molecule has 0 saturated heterocycles. The van der Waals surface area contributed by atoms with Crippen molar-refractivity contribution in [1.29, 1.82) is 0 Å². The van der Waals surface area contributed by atoms with E-state index >= 15 is 0 Å². The lowest BCUT2D eigenvalue weighted by atomic mass is 10.2. The molecule has 1 amide bonds. The highest BCUT2D eigenvalue weighted by atomic mass is 35.5. The smallest absolute Gasteiger partial charge is 0.274 e. The van der Waals surface area contributed by atoms with Crippen LogP contribution in [0.3, 0.4) is 0 Å². The molecule has 0 fully saturated rings. The lowest BCUT2D eigenvalue weighted by molar-refractivity contribution is 0.0953. The number of aromatic nitrogens is 1. The van der Waals surface area contributed by atoms with Crippen LogP contribution in [-0.2, 0) is 0 Å². The Hall–Kier alpha value is -2.35. The highest BCUT2D eigenvalue weighted by Crippen LogP contribution is 2.30. The van der Waals surface area contributed by atoms with Crippen LogP contribution in [0.5, 0.6) is 0 Å². The largest absolute Gasteiger partial charge is 0.469 e. The molecule has 6 nitrogen and oxygen atoms in total. The van der Waals surface area contributed by atoms with E-state index in [-0.39, 0.29) is 11.1 Å². The summed E-state index contributed by atoms with van der Waals surface area (Å²) in [5.41, 5.74) is 3.57. The molecule has 0 aliphatic heterocycles. The van der Waals surface area contributed by atoms with Crippen molar-refractivity contribution in [3.05, 3.63) is 63.0 Å². The Bertz CT molecular complexity index is 936. The number of carbonyl (C=O) groups excluding carboxylic acids is 1. The molecule has 0 bridgehead atoms. The number of carbonyl (C=O) groups is 1. The number of hydrazone groups is 1. The lowest BCUT2D eigenvalue weighted by Crippen LogP contribution is -2.17. The van der Waals surface area contributed by atoms with Crippen LogP contribution in [0, 0.1) is 6.92 Å². The second kappa shape index (κ2) is 7.69. The summed E-state index contributed by atoms with van der Waals surface area (Å²) >= 11 is 13.5. The summed E-state index contributed by atoms with van der Waals surface area (Å²) in [5, 5.41) is 8.41. The summed E-state index contributed by atoms with van der Waals surface area (Å²) in [7, 11) is 0. The monoisotopic (exact) mass is 394 g/mol. The van der Waals surface area contributed by atoms with Crippen LogP contribution in [0.4, 0.5) is 10.8 Å². The first-order chi connectivity index (χ1) is 12.0. The van der Waals surface area contributed by atoms with E-state index in [4.69, 9.17) is 27.6 Å². The highest BCUT2D eigenvalue weighted by molar-refractivity contribution is 7.17. The summed E-state index contributed by atoms with van der Waals surface area (Å²) in [4.78, 5) is 16.7. The van der Waals surface area contributed by atoms with Gasteiger partial charge in [-0.2, -0.15) is 5.10 Å². The third-order valence-electron chi connectivity index (χ3n) is 3.18.